The van der Waals surface area contributed by atoms with E-state index < -0.39 is 0 Å². The maximum absolute atomic E-state index is 12.2. The summed E-state index contributed by atoms with van der Waals surface area (Å²) in [4.78, 5) is 26.3. The summed E-state index contributed by atoms with van der Waals surface area (Å²) >= 11 is 0. The van der Waals surface area contributed by atoms with Crippen LogP contribution in [0.2, 0.25) is 0 Å². The van der Waals surface area contributed by atoms with Gasteiger partial charge in [0.15, 0.2) is 11.5 Å². The zero-order valence-electron chi connectivity index (χ0n) is 16.5. The molecule has 0 atom stereocenters. The van der Waals surface area contributed by atoms with E-state index in [0.717, 1.165) is 60.7 Å². The van der Waals surface area contributed by atoms with Gasteiger partial charge in [0.1, 0.15) is 0 Å². The summed E-state index contributed by atoms with van der Waals surface area (Å²) in [7, 11) is 0. The Morgan fingerprint density at radius 2 is 1.55 bits per heavy atom. The molecule has 2 aromatic carbocycles. The lowest BCUT2D eigenvalue weighted by molar-refractivity contribution is -0.130. The number of ether oxygens (including phenoxy) is 2. The van der Waals surface area contributed by atoms with Crippen molar-refractivity contribution >= 4 is 17.5 Å². The van der Waals surface area contributed by atoms with Crippen LogP contribution >= 0.6 is 0 Å². The highest BCUT2D eigenvalue weighted by Crippen LogP contribution is 2.32. The molecule has 1 N–H and O–H groups in total. The predicted molar refractivity (Wildman–Crippen MR) is 110 cm³/mol. The van der Waals surface area contributed by atoms with Crippen molar-refractivity contribution in [3.8, 4) is 11.5 Å². The van der Waals surface area contributed by atoms with Gasteiger partial charge in [0.2, 0.25) is 18.6 Å². The van der Waals surface area contributed by atoms with Gasteiger partial charge in [-0.15, -0.1) is 0 Å². The molecule has 29 heavy (non-hydrogen) atoms. The fourth-order valence-corrected chi connectivity index (χ4v) is 3.71. The van der Waals surface area contributed by atoms with Crippen molar-refractivity contribution in [1.29, 1.82) is 0 Å². The molecule has 0 aliphatic carbocycles. The van der Waals surface area contributed by atoms with Crippen molar-refractivity contribution in [2.24, 2.45) is 0 Å². The summed E-state index contributed by atoms with van der Waals surface area (Å²) in [5.41, 5.74) is 2.92. The third kappa shape index (κ3) is 5.08. The van der Waals surface area contributed by atoms with Gasteiger partial charge >= 0.3 is 0 Å². The number of amides is 2. The second-order valence-corrected chi connectivity index (χ2v) is 7.52. The third-order valence-electron chi connectivity index (χ3n) is 5.40. The molecule has 0 spiro atoms. The summed E-state index contributed by atoms with van der Waals surface area (Å²) in [6.07, 6.45) is 4.55. The van der Waals surface area contributed by atoms with Gasteiger partial charge in [0, 0.05) is 31.6 Å². The first-order valence-corrected chi connectivity index (χ1v) is 10.2. The van der Waals surface area contributed by atoms with Crippen LogP contribution in [0.3, 0.4) is 0 Å². The Morgan fingerprint density at radius 3 is 2.34 bits per heavy atom. The molecule has 2 aliphatic rings. The highest BCUT2D eigenvalue weighted by molar-refractivity contribution is 5.90. The molecular formula is C23H26N2O4. The number of likely N-dealkylation sites (tertiary alicyclic amines) is 1. The number of carbonyl (C=O) groups excluding carboxylic acids is 2. The normalized spacial score (nSPS) is 14.8. The van der Waals surface area contributed by atoms with Crippen molar-refractivity contribution in [3.05, 3.63) is 53.6 Å². The Kier molecular flexibility index (Phi) is 5.98. The Hall–Kier alpha value is -3.02. The monoisotopic (exact) mass is 394 g/mol. The number of hydrogen-bond acceptors (Lipinski definition) is 4. The maximum Gasteiger partial charge on any atom is 0.231 e. The quantitative estimate of drug-likeness (QED) is 0.780. The highest BCUT2D eigenvalue weighted by atomic mass is 16.7. The molecule has 1 saturated heterocycles. The van der Waals surface area contributed by atoms with Gasteiger partial charge in [-0.3, -0.25) is 9.59 Å². The van der Waals surface area contributed by atoms with Crippen LogP contribution in [0.5, 0.6) is 11.5 Å². The van der Waals surface area contributed by atoms with Gasteiger partial charge in [-0.05, 0) is 61.1 Å². The second kappa shape index (κ2) is 8.99. The average molecular weight is 394 g/mol. The first-order chi connectivity index (χ1) is 14.2. The first-order valence-electron chi connectivity index (χ1n) is 10.2. The zero-order valence-corrected chi connectivity index (χ0v) is 16.5. The molecule has 6 heteroatoms. The molecule has 152 valence electrons. The van der Waals surface area contributed by atoms with E-state index in [1.54, 1.807) is 0 Å². The van der Waals surface area contributed by atoms with Crippen LogP contribution in [-0.2, 0) is 22.4 Å². The Bertz CT molecular complexity index is 873. The molecule has 0 saturated carbocycles. The molecule has 6 nitrogen and oxygen atoms in total. The summed E-state index contributed by atoms with van der Waals surface area (Å²) in [6.45, 7) is 2.05. The molecule has 2 heterocycles. The van der Waals surface area contributed by atoms with Gasteiger partial charge in [-0.25, -0.2) is 0 Å². The van der Waals surface area contributed by atoms with Gasteiger partial charge in [-0.2, -0.15) is 0 Å². The number of hydrogen-bond donors (Lipinski definition) is 1. The zero-order chi connectivity index (χ0) is 20.1. The second-order valence-electron chi connectivity index (χ2n) is 7.52. The number of anilines is 1. The van der Waals surface area contributed by atoms with E-state index in [9.17, 15) is 9.59 Å². The van der Waals surface area contributed by atoms with Crippen LogP contribution in [0, 0.1) is 0 Å². The van der Waals surface area contributed by atoms with E-state index in [2.05, 4.69) is 5.32 Å². The number of nitrogens with one attached hydrogen (secondary N) is 1. The lowest BCUT2D eigenvalue weighted by Crippen LogP contribution is -2.27. The molecule has 0 bridgehead atoms. The molecule has 0 radical (unpaired) electrons. The van der Waals surface area contributed by atoms with E-state index >= 15 is 0 Å². The van der Waals surface area contributed by atoms with Gasteiger partial charge in [0.05, 0.1) is 0 Å². The van der Waals surface area contributed by atoms with Crippen LogP contribution in [-0.4, -0.2) is 36.6 Å². The first kappa shape index (κ1) is 19.3. The van der Waals surface area contributed by atoms with Crippen LogP contribution < -0.4 is 14.8 Å². The Morgan fingerprint density at radius 1 is 0.862 bits per heavy atom. The van der Waals surface area contributed by atoms with Crippen LogP contribution in [0.4, 0.5) is 5.69 Å². The Balaban J connectivity index is 1.22. The molecule has 2 aliphatic heterocycles. The van der Waals surface area contributed by atoms with E-state index in [1.807, 2.05) is 47.4 Å². The number of carbonyl (C=O) groups is 2. The lowest BCUT2D eigenvalue weighted by atomic mass is 10.1. The largest absolute Gasteiger partial charge is 0.454 e. The van der Waals surface area contributed by atoms with E-state index in [1.165, 1.54) is 0 Å². The molecule has 4 rings (SSSR count). The topological polar surface area (TPSA) is 67.9 Å². The van der Waals surface area contributed by atoms with E-state index in [4.69, 9.17) is 9.47 Å². The smallest absolute Gasteiger partial charge is 0.231 e. The predicted octanol–water partition coefficient (Wildman–Crippen LogP) is 3.54. The SMILES string of the molecule is O=C(CCc1ccc2c(c1)OCO2)Nc1ccc(CCC(=O)N2CCCC2)cc1. The third-order valence-corrected chi connectivity index (χ3v) is 5.40. The maximum atomic E-state index is 12.2. The van der Waals surface area contributed by atoms with Gasteiger partial charge < -0.3 is 19.7 Å². The summed E-state index contributed by atoms with van der Waals surface area (Å²) in [6, 6.07) is 13.5. The fourth-order valence-electron chi connectivity index (χ4n) is 3.71. The number of nitrogens with zero attached hydrogens (tertiary/aromatic N) is 1. The summed E-state index contributed by atoms with van der Waals surface area (Å²) < 4.78 is 10.7. The summed E-state index contributed by atoms with van der Waals surface area (Å²) in [5.74, 6) is 1.70. The van der Waals surface area contributed by atoms with Crippen molar-refractivity contribution in [3.63, 3.8) is 0 Å². The average Bonchev–Trinajstić information content (AvgIpc) is 3.43. The summed E-state index contributed by atoms with van der Waals surface area (Å²) in [5, 5.41) is 2.93. The molecule has 1 fully saturated rings. The van der Waals surface area contributed by atoms with Crippen molar-refractivity contribution < 1.29 is 19.1 Å². The minimum atomic E-state index is -0.0281. The van der Waals surface area contributed by atoms with E-state index in [-0.39, 0.29) is 18.6 Å². The lowest BCUT2D eigenvalue weighted by Gasteiger charge is -2.15. The minimum absolute atomic E-state index is 0.0281. The van der Waals surface area contributed by atoms with Crippen LogP contribution in [0.15, 0.2) is 42.5 Å². The van der Waals surface area contributed by atoms with Crippen LogP contribution in [0.1, 0.15) is 36.8 Å². The molecule has 2 amide bonds. The van der Waals surface area contributed by atoms with Gasteiger partial charge in [0.25, 0.3) is 0 Å². The van der Waals surface area contributed by atoms with Crippen molar-refractivity contribution in [1.82, 2.24) is 4.90 Å². The fraction of sp³-hybridized carbons (Fsp3) is 0.391. The molecular weight excluding hydrogens is 368 g/mol. The Labute approximate surface area is 170 Å². The standard InChI is InChI=1S/C23H26N2O4/c26-22(11-6-18-5-10-20-21(15-18)29-16-28-20)24-19-8-3-17(4-9-19)7-12-23(27)25-13-1-2-14-25/h3-5,8-10,15H,1-2,6-7,11-14,16H2,(H,24,26). The van der Waals surface area contributed by atoms with E-state index in [0.29, 0.717) is 19.3 Å². The molecule has 2 aromatic rings. The molecule has 0 unspecified atom stereocenters. The van der Waals surface area contributed by atoms with Crippen LogP contribution in [0.25, 0.3) is 0 Å². The molecule has 0 aromatic heterocycles. The number of benzene rings is 2. The number of aryl methyl sites for hydroxylation is 2. The highest BCUT2D eigenvalue weighted by Gasteiger charge is 2.17. The van der Waals surface area contributed by atoms with Crippen molar-refractivity contribution in [2.45, 2.75) is 38.5 Å². The number of rotatable bonds is 7. The van der Waals surface area contributed by atoms with Crippen molar-refractivity contribution in [2.75, 3.05) is 25.2 Å². The van der Waals surface area contributed by atoms with Gasteiger partial charge in [-0.1, -0.05) is 18.2 Å². The minimum Gasteiger partial charge on any atom is -0.454 e. The number of fused-ring (bicyclic) bond motifs is 1.